The smallest absolute Gasteiger partial charge is 0.146 e. The first-order valence-electron chi connectivity index (χ1n) is 5.91. The summed E-state index contributed by atoms with van der Waals surface area (Å²) in [6, 6.07) is 11.9. The highest BCUT2D eigenvalue weighted by Crippen LogP contribution is 2.11. The van der Waals surface area contributed by atoms with Crippen LogP contribution in [0.1, 0.15) is 17.1 Å². The molecule has 0 amide bonds. The predicted octanol–water partition coefficient (Wildman–Crippen LogP) is 3.07. The zero-order valence-corrected chi connectivity index (χ0v) is 12.1. The molecule has 0 fully saturated rings. The van der Waals surface area contributed by atoms with E-state index >= 15 is 0 Å². The van der Waals surface area contributed by atoms with Crippen molar-refractivity contribution < 1.29 is 0 Å². The second kappa shape index (κ2) is 6.30. The number of nitrogens with one attached hydrogen (secondary N) is 1. The molecule has 0 unspecified atom stereocenters. The number of hydrogen-bond acceptors (Lipinski definition) is 4. The first-order valence-corrected chi connectivity index (χ1v) is 6.71. The van der Waals surface area contributed by atoms with Gasteiger partial charge in [-0.05, 0) is 31.0 Å². The maximum Gasteiger partial charge on any atom is 0.146 e. The monoisotopic (exact) mass is 316 g/mol. The van der Waals surface area contributed by atoms with Crippen LogP contribution in [-0.4, -0.2) is 16.5 Å². The van der Waals surface area contributed by atoms with Crippen LogP contribution in [0.5, 0.6) is 0 Å². The lowest BCUT2D eigenvalue weighted by Gasteiger charge is -2.06. The number of aromatic nitrogens is 2. The van der Waals surface area contributed by atoms with Gasteiger partial charge in [0.2, 0.25) is 0 Å². The molecule has 1 aromatic carbocycles. The van der Waals surface area contributed by atoms with Gasteiger partial charge in [-0.15, -0.1) is 0 Å². The maximum absolute atomic E-state index is 8.84. The Labute approximate surface area is 120 Å². The first kappa shape index (κ1) is 13.5. The van der Waals surface area contributed by atoms with Crippen molar-refractivity contribution in [3.63, 3.8) is 0 Å². The van der Waals surface area contributed by atoms with Crippen LogP contribution in [0.2, 0.25) is 0 Å². The van der Waals surface area contributed by atoms with Crippen LogP contribution in [0, 0.1) is 18.3 Å². The summed E-state index contributed by atoms with van der Waals surface area (Å²) in [7, 11) is 0. The number of halogens is 1. The molecule has 0 aliphatic rings. The van der Waals surface area contributed by atoms with E-state index in [-0.39, 0.29) is 0 Å². The van der Waals surface area contributed by atoms with Crippen LogP contribution in [0.3, 0.4) is 0 Å². The molecule has 96 valence electrons. The molecule has 19 heavy (non-hydrogen) atoms. The molecule has 2 rings (SSSR count). The van der Waals surface area contributed by atoms with Crippen LogP contribution in [0.25, 0.3) is 0 Å². The number of rotatable bonds is 4. The number of hydrogen-bond donors (Lipinski definition) is 1. The van der Waals surface area contributed by atoms with Gasteiger partial charge in [-0.1, -0.05) is 28.1 Å². The van der Waals surface area contributed by atoms with E-state index in [2.05, 4.69) is 43.3 Å². The fraction of sp³-hybridized carbons (Fsp3) is 0.214. The molecule has 1 N–H and O–H groups in total. The summed E-state index contributed by atoms with van der Waals surface area (Å²) in [4.78, 5) is 8.26. The molecular weight excluding hydrogens is 304 g/mol. The lowest BCUT2D eigenvalue weighted by Crippen LogP contribution is -2.08. The van der Waals surface area contributed by atoms with Crippen molar-refractivity contribution in [1.29, 1.82) is 5.26 Å². The summed E-state index contributed by atoms with van der Waals surface area (Å²) in [5.41, 5.74) is 1.64. The Morgan fingerprint density at radius 2 is 2.00 bits per heavy atom. The van der Waals surface area contributed by atoms with Crippen LogP contribution in [0.4, 0.5) is 5.82 Å². The molecule has 0 radical (unpaired) electrons. The van der Waals surface area contributed by atoms with Gasteiger partial charge in [0.25, 0.3) is 0 Å². The van der Waals surface area contributed by atoms with Crippen molar-refractivity contribution in [2.75, 3.05) is 11.9 Å². The zero-order valence-electron chi connectivity index (χ0n) is 10.5. The molecule has 0 saturated carbocycles. The first-order chi connectivity index (χ1) is 9.17. The van der Waals surface area contributed by atoms with Gasteiger partial charge in [0, 0.05) is 17.1 Å². The lowest BCUT2D eigenvalue weighted by molar-refractivity contribution is 0.975. The van der Waals surface area contributed by atoms with E-state index in [4.69, 9.17) is 5.26 Å². The Morgan fingerprint density at radius 1 is 1.26 bits per heavy atom. The highest BCUT2D eigenvalue weighted by atomic mass is 79.9. The van der Waals surface area contributed by atoms with Gasteiger partial charge in [-0.3, -0.25) is 0 Å². The Kier molecular flexibility index (Phi) is 4.48. The van der Waals surface area contributed by atoms with Gasteiger partial charge in [-0.2, -0.15) is 5.26 Å². The molecule has 5 heteroatoms. The van der Waals surface area contributed by atoms with Crippen LogP contribution >= 0.6 is 15.9 Å². The summed E-state index contributed by atoms with van der Waals surface area (Å²) < 4.78 is 1.08. The minimum absolute atomic E-state index is 0.388. The van der Waals surface area contributed by atoms with Gasteiger partial charge >= 0.3 is 0 Å². The standard InChI is InChI=1S/C14H13BrN4/c1-10-18-13(9-16)8-14(19-10)17-7-6-11-2-4-12(15)5-3-11/h2-5,8H,6-7H2,1H3,(H,17,18,19). The third-order valence-corrected chi connectivity index (χ3v) is 3.11. The van der Waals surface area contributed by atoms with Crippen LogP contribution < -0.4 is 5.32 Å². The van der Waals surface area contributed by atoms with E-state index < -0.39 is 0 Å². The second-order valence-electron chi connectivity index (χ2n) is 4.10. The Bertz CT molecular complexity index is 602. The van der Waals surface area contributed by atoms with Crippen molar-refractivity contribution in [3.05, 3.63) is 51.9 Å². The van der Waals surface area contributed by atoms with Gasteiger partial charge in [-0.25, -0.2) is 9.97 Å². The van der Waals surface area contributed by atoms with E-state index in [0.29, 0.717) is 17.3 Å². The fourth-order valence-corrected chi connectivity index (χ4v) is 1.97. The van der Waals surface area contributed by atoms with Gasteiger partial charge in [0.05, 0.1) is 0 Å². The van der Waals surface area contributed by atoms with Crippen molar-refractivity contribution >= 4 is 21.7 Å². The van der Waals surface area contributed by atoms with Gasteiger partial charge < -0.3 is 5.32 Å². The van der Waals surface area contributed by atoms with Crippen LogP contribution in [-0.2, 0) is 6.42 Å². The predicted molar refractivity (Wildman–Crippen MR) is 77.8 cm³/mol. The summed E-state index contributed by atoms with van der Waals surface area (Å²) in [6.07, 6.45) is 0.901. The molecule has 2 aromatic rings. The molecule has 0 bridgehead atoms. The lowest BCUT2D eigenvalue weighted by atomic mass is 10.1. The summed E-state index contributed by atoms with van der Waals surface area (Å²) in [5.74, 6) is 1.30. The molecule has 0 saturated heterocycles. The van der Waals surface area contributed by atoms with Crippen molar-refractivity contribution in [2.24, 2.45) is 0 Å². The number of benzene rings is 1. The van der Waals surface area contributed by atoms with E-state index in [1.165, 1.54) is 5.56 Å². The average Bonchev–Trinajstić information content (AvgIpc) is 2.40. The SMILES string of the molecule is Cc1nc(C#N)cc(NCCc2ccc(Br)cc2)n1. The number of anilines is 1. The zero-order chi connectivity index (χ0) is 13.7. The van der Waals surface area contributed by atoms with Gasteiger partial charge in [0.1, 0.15) is 23.4 Å². The topological polar surface area (TPSA) is 61.6 Å². The Balaban J connectivity index is 1.94. The highest BCUT2D eigenvalue weighted by Gasteiger charge is 2.01. The minimum Gasteiger partial charge on any atom is -0.370 e. The Morgan fingerprint density at radius 3 is 2.68 bits per heavy atom. The molecule has 1 heterocycles. The summed E-state index contributed by atoms with van der Waals surface area (Å²) >= 11 is 3.41. The van der Waals surface area contributed by atoms with E-state index in [1.54, 1.807) is 13.0 Å². The quantitative estimate of drug-likeness (QED) is 0.941. The third-order valence-electron chi connectivity index (χ3n) is 2.59. The molecule has 4 nitrogen and oxygen atoms in total. The molecular formula is C14H13BrN4. The summed E-state index contributed by atoms with van der Waals surface area (Å²) in [6.45, 7) is 2.55. The number of nitriles is 1. The third kappa shape index (κ3) is 4.04. The molecule has 0 atom stereocenters. The van der Waals surface area contributed by atoms with E-state index in [0.717, 1.165) is 17.4 Å². The second-order valence-corrected chi connectivity index (χ2v) is 5.02. The minimum atomic E-state index is 0.388. The fourth-order valence-electron chi connectivity index (χ4n) is 1.70. The van der Waals surface area contributed by atoms with Crippen molar-refractivity contribution in [1.82, 2.24) is 9.97 Å². The average molecular weight is 317 g/mol. The van der Waals surface area contributed by atoms with E-state index in [1.807, 2.05) is 18.2 Å². The summed E-state index contributed by atoms with van der Waals surface area (Å²) in [5, 5.41) is 12.1. The Hall–Kier alpha value is -1.93. The van der Waals surface area contributed by atoms with Crippen molar-refractivity contribution in [3.8, 4) is 6.07 Å². The largest absolute Gasteiger partial charge is 0.370 e. The van der Waals surface area contributed by atoms with E-state index in [9.17, 15) is 0 Å². The normalized spacial score (nSPS) is 9.95. The van der Waals surface area contributed by atoms with Gasteiger partial charge in [0.15, 0.2) is 0 Å². The number of nitrogens with zero attached hydrogens (tertiary/aromatic N) is 3. The molecule has 1 aromatic heterocycles. The molecule has 0 aliphatic heterocycles. The maximum atomic E-state index is 8.84. The highest BCUT2D eigenvalue weighted by molar-refractivity contribution is 9.10. The van der Waals surface area contributed by atoms with Crippen LogP contribution in [0.15, 0.2) is 34.8 Å². The van der Waals surface area contributed by atoms with Crippen molar-refractivity contribution in [2.45, 2.75) is 13.3 Å². The molecule has 0 spiro atoms. The molecule has 0 aliphatic carbocycles. The number of aryl methyl sites for hydroxylation is 1.